The van der Waals surface area contributed by atoms with Gasteiger partial charge < -0.3 is 9.47 Å². The fourth-order valence-electron chi connectivity index (χ4n) is 2.30. The molecule has 1 aromatic rings. The minimum Gasteiger partial charge on any atom is -0.468 e. The number of carbonyl (C=O) groups is 4. The van der Waals surface area contributed by atoms with Crippen LogP contribution in [0.5, 0.6) is 0 Å². The largest absolute Gasteiger partial charge is 0.468 e. The number of nitrogens with zero attached hydrogens (tertiary/aromatic N) is 1. The number of methoxy groups -OCH3 is 1. The van der Waals surface area contributed by atoms with E-state index in [4.69, 9.17) is 4.74 Å². The molecule has 1 atom stereocenters. The van der Waals surface area contributed by atoms with Crippen LogP contribution in [0.3, 0.4) is 0 Å². The number of amides is 2. The number of esters is 2. The van der Waals surface area contributed by atoms with E-state index in [0.717, 1.165) is 4.90 Å². The molecule has 8 nitrogen and oxygen atoms in total. The molecule has 1 N–H and O–H groups in total. The predicted octanol–water partition coefficient (Wildman–Crippen LogP) is 0.258. The molecule has 0 saturated carbocycles. The highest BCUT2D eigenvalue weighted by atomic mass is 16.5. The topological polar surface area (TPSA) is 102 Å². The first-order chi connectivity index (χ1) is 11.5. The van der Waals surface area contributed by atoms with Gasteiger partial charge in [-0.15, -0.1) is 0 Å². The van der Waals surface area contributed by atoms with Gasteiger partial charge in [-0.2, -0.15) is 0 Å². The summed E-state index contributed by atoms with van der Waals surface area (Å²) in [5.74, 6) is -1.83. The summed E-state index contributed by atoms with van der Waals surface area (Å²) in [7, 11) is 1.24. The SMILES string of the molecule is CCOC(=O)c1ccc(N2C(=O)C[C@H](NCC(=O)OC)C2=O)cc1. The summed E-state index contributed by atoms with van der Waals surface area (Å²) in [4.78, 5) is 48.2. The van der Waals surface area contributed by atoms with Crippen molar-refractivity contribution in [1.29, 1.82) is 0 Å². The van der Waals surface area contributed by atoms with Crippen LogP contribution in [0.2, 0.25) is 0 Å². The smallest absolute Gasteiger partial charge is 0.338 e. The number of carbonyl (C=O) groups excluding carboxylic acids is 4. The molecule has 2 rings (SSSR count). The van der Waals surface area contributed by atoms with E-state index in [1.165, 1.54) is 31.4 Å². The number of benzene rings is 1. The molecule has 0 spiro atoms. The van der Waals surface area contributed by atoms with Crippen LogP contribution >= 0.6 is 0 Å². The van der Waals surface area contributed by atoms with Crippen molar-refractivity contribution in [3.8, 4) is 0 Å². The first kappa shape index (κ1) is 17.6. The summed E-state index contributed by atoms with van der Waals surface area (Å²) in [6.07, 6.45) is -0.0462. The van der Waals surface area contributed by atoms with Crippen molar-refractivity contribution < 1.29 is 28.7 Å². The summed E-state index contributed by atoms with van der Waals surface area (Å²) < 4.78 is 9.36. The molecule has 1 heterocycles. The molecule has 1 fully saturated rings. The lowest BCUT2D eigenvalue weighted by molar-refractivity contribution is -0.139. The van der Waals surface area contributed by atoms with E-state index in [0.29, 0.717) is 11.3 Å². The molecule has 0 radical (unpaired) electrons. The molecule has 1 aliphatic heterocycles. The summed E-state index contributed by atoms with van der Waals surface area (Å²) in [5, 5.41) is 2.70. The zero-order valence-corrected chi connectivity index (χ0v) is 13.4. The van der Waals surface area contributed by atoms with Crippen LogP contribution < -0.4 is 10.2 Å². The van der Waals surface area contributed by atoms with Gasteiger partial charge in [0.25, 0.3) is 5.91 Å². The average molecular weight is 334 g/mol. The van der Waals surface area contributed by atoms with Crippen LogP contribution in [0.4, 0.5) is 5.69 Å². The molecule has 1 saturated heterocycles. The van der Waals surface area contributed by atoms with Crippen molar-refractivity contribution in [1.82, 2.24) is 5.32 Å². The van der Waals surface area contributed by atoms with E-state index in [1.54, 1.807) is 6.92 Å². The number of ether oxygens (including phenoxy) is 2. The molecule has 2 amide bonds. The predicted molar refractivity (Wildman–Crippen MR) is 83.3 cm³/mol. The Labute approximate surface area is 138 Å². The number of imide groups is 1. The van der Waals surface area contributed by atoms with Gasteiger partial charge in [0.05, 0.1) is 44.0 Å². The summed E-state index contributed by atoms with van der Waals surface area (Å²) in [6, 6.07) is 5.21. The quantitative estimate of drug-likeness (QED) is 0.588. The van der Waals surface area contributed by atoms with Gasteiger partial charge in [0.2, 0.25) is 5.91 Å². The molecule has 0 unspecified atom stereocenters. The van der Waals surface area contributed by atoms with E-state index in [1.807, 2.05) is 0 Å². The van der Waals surface area contributed by atoms with Crippen molar-refractivity contribution in [2.75, 3.05) is 25.2 Å². The van der Waals surface area contributed by atoms with Gasteiger partial charge >= 0.3 is 11.9 Å². The zero-order chi connectivity index (χ0) is 17.7. The molecule has 0 aromatic heterocycles. The van der Waals surface area contributed by atoms with Gasteiger partial charge in [0, 0.05) is 0 Å². The standard InChI is InChI=1S/C16H18N2O6/c1-3-24-16(22)10-4-6-11(7-5-10)18-13(19)8-12(15(18)21)17-9-14(20)23-2/h4-7,12,17H,3,8-9H2,1-2H3/t12-/m0/s1. The maximum atomic E-state index is 12.3. The van der Waals surface area contributed by atoms with Crippen LogP contribution in [-0.4, -0.2) is 50.1 Å². The molecule has 128 valence electrons. The highest BCUT2D eigenvalue weighted by molar-refractivity contribution is 6.22. The Morgan fingerprint density at radius 1 is 1.25 bits per heavy atom. The van der Waals surface area contributed by atoms with Gasteiger partial charge in [-0.3, -0.25) is 19.7 Å². The van der Waals surface area contributed by atoms with Crippen LogP contribution in [0.15, 0.2) is 24.3 Å². The van der Waals surface area contributed by atoms with Crippen LogP contribution in [-0.2, 0) is 23.9 Å². The van der Waals surface area contributed by atoms with Crippen molar-refractivity contribution >= 4 is 29.4 Å². The second kappa shape index (κ2) is 7.69. The first-order valence-electron chi connectivity index (χ1n) is 7.42. The number of anilines is 1. The molecule has 0 aliphatic carbocycles. The summed E-state index contributed by atoms with van der Waals surface area (Å²) in [6.45, 7) is 1.81. The number of hydrogen-bond acceptors (Lipinski definition) is 7. The van der Waals surface area contributed by atoms with Gasteiger partial charge in [-0.1, -0.05) is 0 Å². The number of rotatable bonds is 6. The van der Waals surface area contributed by atoms with E-state index in [-0.39, 0.29) is 25.5 Å². The Balaban J connectivity index is 2.08. The summed E-state index contributed by atoms with van der Waals surface area (Å²) in [5.41, 5.74) is 0.695. The Morgan fingerprint density at radius 2 is 1.92 bits per heavy atom. The van der Waals surface area contributed by atoms with Gasteiger partial charge in [0.1, 0.15) is 0 Å². The molecule has 1 aromatic carbocycles. The fraction of sp³-hybridized carbons (Fsp3) is 0.375. The van der Waals surface area contributed by atoms with E-state index in [9.17, 15) is 19.2 Å². The molecule has 24 heavy (non-hydrogen) atoms. The number of hydrogen-bond donors (Lipinski definition) is 1. The normalized spacial score (nSPS) is 17.1. The average Bonchev–Trinajstić information content (AvgIpc) is 2.87. The molecule has 1 aliphatic rings. The molecule has 0 bridgehead atoms. The van der Waals surface area contributed by atoms with Crippen LogP contribution in [0.1, 0.15) is 23.7 Å². The van der Waals surface area contributed by atoms with Crippen LogP contribution in [0.25, 0.3) is 0 Å². The maximum Gasteiger partial charge on any atom is 0.338 e. The molecular formula is C16H18N2O6. The van der Waals surface area contributed by atoms with Crippen molar-refractivity contribution in [2.24, 2.45) is 0 Å². The third kappa shape index (κ3) is 3.77. The van der Waals surface area contributed by atoms with Gasteiger partial charge in [-0.05, 0) is 31.2 Å². The lowest BCUT2D eigenvalue weighted by atomic mass is 10.2. The van der Waals surface area contributed by atoms with Crippen molar-refractivity contribution in [2.45, 2.75) is 19.4 Å². The third-order valence-electron chi connectivity index (χ3n) is 3.50. The Morgan fingerprint density at radius 3 is 2.50 bits per heavy atom. The Hall–Kier alpha value is -2.74. The van der Waals surface area contributed by atoms with E-state index >= 15 is 0 Å². The number of nitrogens with one attached hydrogen (secondary N) is 1. The van der Waals surface area contributed by atoms with Gasteiger partial charge in [-0.25, -0.2) is 9.69 Å². The highest BCUT2D eigenvalue weighted by Crippen LogP contribution is 2.23. The lowest BCUT2D eigenvalue weighted by Gasteiger charge is -2.15. The maximum absolute atomic E-state index is 12.3. The molecular weight excluding hydrogens is 316 g/mol. The van der Waals surface area contributed by atoms with E-state index < -0.39 is 23.9 Å². The minimum absolute atomic E-state index is 0.0462. The second-order valence-corrected chi connectivity index (χ2v) is 5.05. The minimum atomic E-state index is -0.777. The highest BCUT2D eigenvalue weighted by Gasteiger charge is 2.39. The lowest BCUT2D eigenvalue weighted by Crippen LogP contribution is -2.41. The first-order valence-corrected chi connectivity index (χ1v) is 7.42. The van der Waals surface area contributed by atoms with Crippen molar-refractivity contribution in [3.63, 3.8) is 0 Å². The Bertz CT molecular complexity index is 655. The summed E-state index contributed by atoms with van der Waals surface area (Å²) >= 11 is 0. The molecule has 8 heteroatoms. The van der Waals surface area contributed by atoms with Gasteiger partial charge in [0.15, 0.2) is 0 Å². The second-order valence-electron chi connectivity index (χ2n) is 5.05. The monoisotopic (exact) mass is 334 g/mol. The van der Waals surface area contributed by atoms with Crippen LogP contribution in [0, 0.1) is 0 Å². The Kier molecular flexibility index (Phi) is 5.64. The zero-order valence-electron chi connectivity index (χ0n) is 13.4. The third-order valence-corrected chi connectivity index (χ3v) is 3.50. The van der Waals surface area contributed by atoms with E-state index in [2.05, 4.69) is 10.1 Å². The fourth-order valence-corrected chi connectivity index (χ4v) is 2.30. The van der Waals surface area contributed by atoms with Crippen molar-refractivity contribution in [3.05, 3.63) is 29.8 Å².